The number of aromatic nitrogens is 4. The molecular formula is C16H20N6O2S2. The molecule has 10 heteroatoms. The molecule has 26 heavy (non-hydrogen) atoms. The Morgan fingerprint density at radius 1 is 1.12 bits per heavy atom. The van der Waals surface area contributed by atoms with E-state index < -0.39 is 10.0 Å². The molecule has 0 unspecified atom stereocenters. The van der Waals surface area contributed by atoms with Crippen LogP contribution in [0.4, 0.5) is 5.82 Å². The minimum absolute atomic E-state index is 0.250. The van der Waals surface area contributed by atoms with Gasteiger partial charge in [0.2, 0.25) is 10.0 Å². The fourth-order valence-corrected chi connectivity index (χ4v) is 4.41. The molecule has 0 bridgehead atoms. The van der Waals surface area contributed by atoms with E-state index in [4.69, 9.17) is 0 Å². The maximum atomic E-state index is 12.0. The van der Waals surface area contributed by atoms with Crippen molar-refractivity contribution in [3.05, 3.63) is 46.6 Å². The van der Waals surface area contributed by atoms with Crippen LogP contribution in [0.1, 0.15) is 17.0 Å². The van der Waals surface area contributed by atoms with E-state index in [0.717, 1.165) is 17.0 Å². The molecule has 8 nitrogen and oxygen atoms in total. The Balaban J connectivity index is 1.56. The van der Waals surface area contributed by atoms with Crippen LogP contribution >= 0.6 is 11.3 Å². The van der Waals surface area contributed by atoms with Gasteiger partial charge in [-0.25, -0.2) is 17.8 Å². The maximum Gasteiger partial charge on any atom is 0.250 e. The molecule has 138 valence electrons. The summed E-state index contributed by atoms with van der Waals surface area (Å²) < 4.78 is 28.6. The van der Waals surface area contributed by atoms with E-state index in [1.165, 1.54) is 11.3 Å². The number of hydrogen-bond acceptors (Lipinski definition) is 7. The third-order valence-electron chi connectivity index (χ3n) is 4.00. The molecule has 0 saturated heterocycles. The number of rotatable bonds is 7. The lowest BCUT2D eigenvalue weighted by molar-refractivity contribution is 0.585. The zero-order chi connectivity index (χ0) is 18.7. The van der Waals surface area contributed by atoms with E-state index in [-0.39, 0.29) is 6.54 Å². The normalized spacial score (nSPS) is 11.7. The number of hydrogen-bond donors (Lipinski definition) is 2. The fourth-order valence-electron chi connectivity index (χ4n) is 2.34. The van der Waals surface area contributed by atoms with E-state index in [2.05, 4.69) is 25.3 Å². The number of anilines is 1. The Labute approximate surface area is 156 Å². The Hall–Kier alpha value is -2.30. The van der Waals surface area contributed by atoms with Gasteiger partial charge in [0.1, 0.15) is 10.0 Å². The van der Waals surface area contributed by atoms with E-state index in [1.807, 2.05) is 26.8 Å². The van der Waals surface area contributed by atoms with Gasteiger partial charge in [-0.15, -0.1) is 21.5 Å². The summed E-state index contributed by atoms with van der Waals surface area (Å²) in [5.74, 6) is 1.21. The minimum atomic E-state index is -3.44. The first-order valence-electron chi connectivity index (χ1n) is 8.02. The molecule has 0 radical (unpaired) electrons. The largest absolute Gasteiger partial charge is 0.367 e. The third kappa shape index (κ3) is 3.92. The molecule has 0 amide bonds. The summed E-state index contributed by atoms with van der Waals surface area (Å²) in [4.78, 5) is 0. The Bertz CT molecular complexity index is 979. The van der Waals surface area contributed by atoms with Gasteiger partial charge in [0, 0.05) is 18.8 Å². The van der Waals surface area contributed by atoms with E-state index in [1.54, 1.807) is 28.3 Å². The van der Waals surface area contributed by atoms with Crippen molar-refractivity contribution in [2.24, 2.45) is 0 Å². The second kappa shape index (κ2) is 7.52. The second-order valence-corrected chi connectivity index (χ2v) is 8.68. The summed E-state index contributed by atoms with van der Waals surface area (Å²) in [6.45, 7) is 6.62. The molecule has 0 atom stereocenters. The van der Waals surface area contributed by atoms with Crippen LogP contribution in [0.3, 0.4) is 0 Å². The highest BCUT2D eigenvalue weighted by molar-refractivity contribution is 7.91. The summed E-state index contributed by atoms with van der Waals surface area (Å²) in [6.07, 6.45) is 0. The molecule has 0 aromatic carbocycles. The highest BCUT2D eigenvalue weighted by atomic mass is 32.2. The molecular weight excluding hydrogens is 372 g/mol. The zero-order valence-electron chi connectivity index (χ0n) is 14.7. The smallest absolute Gasteiger partial charge is 0.250 e. The molecule has 3 aromatic heterocycles. The summed E-state index contributed by atoms with van der Waals surface area (Å²) >= 11 is 1.19. The SMILES string of the molecule is Cc1nn(-c2ccc(NCCNS(=O)(=O)c3cccs3)nn2)c(C)c1C. The Morgan fingerprint density at radius 2 is 1.92 bits per heavy atom. The van der Waals surface area contributed by atoms with E-state index in [0.29, 0.717) is 22.4 Å². The van der Waals surface area contributed by atoms with Gasteiger partial charge >= 0.3 is 0 Å². The van der Waals surface area contributed by atoms with Crippen LogP contribution in [0.15, 0.2) is 33.9 Å². The third-order valence-corrected chi connectivity index (χ3v) is 6.86. The summed E-state index contributed by atoms with van der Waals surface area (Å²) in [5, 5.41) is 17.5. The number of nitrogens with one attached hydrogen (secondary N) is 2. The molecule has 0 fully saturated rings. The fraction of sp³-hybridized carbons (Fsp3) is 0.312. The molecule has 3 aromatic rings. The maximum absolute atomic E-state index is 12.0. The number of thiophene rings is 1. The van der Waals surface area contributed by atoms with E-state index >= 15 is 0 Å². The second-order valence-electron chi connectivity index (χ2n) is 5.74. The monoisotopic (exact) mass is 392 g/mol. The quantitative estimate of drug-likeness (QED) is 0.597. The predicted octanol–water partition coefficient (Wildman–Crippen LogP) is 2.04. The van der Waals surface area contributed by atoms with Crippen LogP contribution in [0.5, 0.6) is 0 Å². The van der Waals surface area contributed by atoms with Gasteiger partial charge in [-0.2, -0.15) is 5.10 Å². The molecule has 2 N–H and O–H groups in total. The summed E-state index contributed by atoms with van der Waals surface area (Å²) in [6, 6.07) is 6.90. The molecule has 0 saturated carbocycles. The average molecular weight is 393 g/mol. The number of nitrogens with zero attached hydrogens (tertiary/aromatic N) is 4. The van der Waals surface area contributed by atoms with Crippen molar-refractivity contribution in [2.75, 3.05) is 18.4 Å². The van der Waals surface area contributed by atoms with Crippen LogP contribution in [0, 0.1) is 20.8 Å². The summed E-state index contributed by atoms with van der Waals surface area (Å²) in [5.41, 5.74) is 3.12. The van der Waals surface area contributed by atoms with Gasteiger partial charge in [-0.3, -0.25) is 0 Å². The molecule has 0 aliphatic carbocycles. The Kier molecular flexibility index (Phi) is 5.35. The average Bonchev–Trinajstić information content (AvgIpc) is 3.25. The van der Waals surface area contributed by atoms with Gasteiger partial charge in [0.15, 0.2) is 5.82 Å². The Morgan fingerprint density at radius 3 is 2.50 bits per heavy atom. The van der Waals surface area contributed by atoms with Gasteiger partial charge in [0.05, 0.1) is 5.69 Å². The molecule has 0 aliphatic rings. The topological polar surface area (TPSA) is 102 Å². The number of aryl methyl sites for hydroxylation is 1. The van der Waals surface area contributed by atoms with Crippen molar-refractivity contribution in [2.45, 2.75) is 25.0 Å². The van der Waals surface area contributed by atoms with Crippen LogP contribution in [0.25, 0.3) is 5.82 Å². The zero-order valence-corrected chi connectivity index (χ0v) is 16.4. The highest BCUT2D eigenvalue weighted by Gasteiger charge is 2.14. The number of sulfonamides is 1. The van der Waals surface area contributed by atoms with Crippen molar-refractivity contribution >= 4 is 27.2 Å². The van der Waals surface area contributed by atoms with Gasteiger partial charge in [-0.1, -0.05) is 6.07 Å². The van der Waals surface area contributed by atoms with Crippen LogP contribution in [-0.4, -0.2) is 41.5 Å². The van der Waals surface area contributed by atoms with Crippen molar-refractivity contribution in [1.82, 2.24) is 24.7 Å². The van der Waals surface area contributed by atoms with Gasteiger partial charge < -0.3 is 5.32 Å². The summed E-state index contributed by atoms with van der Waals surface area (Å²) in [7, 11) is -3.44. The lowest BCUT2D eigenvalue weighted by Gasteiger charge is -2.08. The first-order valence-corrected chi connectivity index (χ1v) is 10.4. The van der Waals surface area contributed by atoms with E-state index in [9.17, 15) is 8.42 Å². The molecule has 0 spiro atoms. The van der Waals surface area contributed by atoms with Crippen molar-refractivity contribution in [3.63, 3.8) is 0 Å². The predicted molar refractivity (Wildman–Crippen MR) is 101 cm³/mol. The first-order chi connectivity index (χ1) is 12.4. The standard InChI is InChI=1S/C16H20N6O2S2/c1-11-12(2)21-22(13(11)3)15-7-6-14(19-20-15)17-8-9-18-26(23,24)16-5-4-10-25-16/h4-7,10,18H,8-9H2,1-3H3,(H,17,19). The molecule has 3 heterocycles. The molecule has 3 rings (SSSR count). The van der Waals surface area contributed by atoms with Crippen molar-refractivity contribution < 1.29 is 8.42 Å². The lowest BCUT2D eigenvalue weighted by Crippen LogP contribution is -2.28. The van der Waals surface area contributed by atoms with Crippen LogP contribution < -0.4 is 10.0 Å². The molecule has 0 aliphatic heterocycles. The first kappa shape index (κ1) is 18.5. The van der Waals surface area contributed by atoms with Crippen LogP contribution in [-0.2, 0) is 10.0 Å². The van der Waals surface area contributed by atoms with Gasteiger partial charge in [0.25, 0.3) is 0 Å². The van der Waals surface area contributed by atoms with Crippen molar-refractivity contribution in [3.8, 4) is 5.82 Å². The highest BCUT2D eigenvalue weighted by Crippen LogP contribution is 2.16. The van der Waals surface area contributed by atoms with Crippen LogP contribution in [0.2, 0.25) is 0 Å². The van der Waals surface area contributed by atoms with Gasteiger partial charge in [-0.05, 0) is 49.9 Å². The minimum Gasteiger partial charge on any atom is -0.367 e. The lowest BCUT2D eigenvalue weighted by atomic mass is 10.2. The van der Waals surface area contributed by atoms with Crippen molar-refractivity contribution in [1.29, 1.82) is 0 Å².